The van der Waals surface area contributed by atoms with Gasteiger partial charge in [-0.15, -0.1) is 0 Å². The Bertz CT molecular complexity index is 1040. The van der Waals surface area contributed by atoms with Crippen LogP contribution in [0.2, 0.25) is 0 Å². The van der Waals surface area contributed by atoms with E-state index in [1.807, 2.05) is 24.4 Å². The lowest BCUT2D eigenvalue weighted by Gasteiger charge is -2.42. The molecule has 2 aliphatic heterocycles. The lowest BCUT2D eigenvalue weighted by atomic mass is 9.74. The lowest BCUT2D eigenvalue weighted by Crippen LogP contribution is -2.42. The fourth-order valence-electron chi connectivity index (χ4n) is 7.05. The van der Waals surface area contributed by atoms with E-state index in [2.05, 4.69) is 9.80 Å². The zero-order chi connectivity index (χ0) is 27.1. The molecule has 1 aliphatic carbocycles. The number of nitrogens with zero attached hydrogens (tertiary/aromatic N) is 3. The number of aliphatic hydroxyl groups excluding tert-OH is 2. The summed E-state index contributed by atoms with van der Waals surface area (Å²) >= 11 is 0. The van der Waals surface area contributed by atoms with Gasteiger partial charge in [-0.1, -0.05) is 32.1 Å². The quantitative estimate of drug-likeness (QED) is 0.419. The molecule has 2 saturated heterocycles. The molecule has 0 unspecified atom stereocenters. The van der Waals surface area contributed by atoms with Gasteiger partial charge < -0.3 is 24.6 Å². The van der Waals surface area contributed by atoms with Gasteiger partial charge in [0, 0.05) is 37.8 Å². The Balaban J connectivity index is 1.25. The van der Waals surface area contributed by atoms with Crippen LogP contribution in [0.25, 0.3) is 10.9 Å². The first-order chi connectivity index (χ1) is 19.1. The van der Waals surface area contributed by atoms with Crippen LogP contribution in [0.5, 0.6) is 5.75 Å². The minimum absolute atomic E-state index is 0.104. The van der Waals surface area contributed by atoms with E-state index < -0.39 is 6.10 Å². The van der Waals surface area contributed by atoms with E-state index in [4.69, 9.17) is 14.5 Å². The van der Waals surface area contributed by atoms with Gasteiger partial charge in [0.2, 0.25) is 0 Å². The Labute approximate surface area is 234 Å². The van der Waals surface area contributed by atoms with Crippen molar-refractivity contribution < 1.29 is 19.7 Å². The summed E-state index contributed by atoms with van der Waals surface area (Å²) in [6.45, 7) is 7.51. The number of pyridine rings is 1. The zero-order valence-corrected chi connectivity index (χ0v) is 24.0. The minimum atomic E-state index is -0.619. The van der Waals surface area contributed by atoms with E-state index in [1.165, 1.54) is 45.1 Å². The summed E-state index contributed by atoms with van der Waals surface area (Å²) in [6, 6.07) is 5.91. The number of hydrogen-bond donors (Lipinski definition) is 2. The van der Waals surface area contributed by atoms with Gasteiger partial charge >= 0.3 is 0 Å². The molecule has 1 aromatic heterocycles. The highest BCUT2D eigenvalue weighted by atomic mass is 16.5. The molecule has 0 amide bonds. The van der Waals surface area contributed by atoms with E-state index in [-0.39, 0.29) is 12.0 Å². The van der Waals surface area contributed by atoms with Gasteiger partial charge in [-0.2, -0.15) is 0 Å². The highest BCUT2D eigenvalue weighted by Gasteiger charge is 2.35. The predicted molar refractivity (Wildman–Crippen MR) is 155 cm³/mol. The summed E-state index contributed by atoms with van der Waals surface area (Å²) in [6.07, 6.45) is 13.2. The molecule has 216 valence electrons. The normalized spacial score (nSPS) is 22.2. The molecule has 1 atom stereocenters. The summed E-state index contributed by atoms with van der Waals surface area (Å²) in [5.74, 6) is 1.69. The number of rotatable bonds is 11. The third-order valence-corrected chi connectivity index (χ3v) is 9.81. The molecule has 5 rings (SSSR count). The van der Waals surface area contributed by atoms with Crippen molar-refractivity contribution in [3.8, 4) is 5.75 Å². The van der Waals surface area contributed by atoms with Gasteiger partial charge in [-0.05, 0) is 92.4 Å². The van der Waals surface area contributed by atoms with Crippen molar-refractivity contribution in [3.05, 3.63) is 35.5 Å². The van der Waals surface area contributed by atoms with Crippen LogP contribution in [0, 0.1) is 11.3 Å². The first-order valence-corrected chi connectivity index (χ1v) is 15.4. The Hall–Kier alpha value is -1.77. The lowest BCUT2D eigenvalue weighted by molar-refractivity contribution is 0.0212. The monoisotopic (exact) mass is 539 g/mol. The SMILES string of the molecule is COc1ccc2ncc(CN3CCOCC3)c([C@@H](O)CCC3(CO)CCN(CCC4CCCCC4)CC3)c2c1. The Morgan fingerprint density at radius 3 is 2.56 bits per heavy atom. The standard InChI is InChI=1S/C32H49N3O4/c1-38-27-7-8-29-28(21-27)31(26(22-33-29)23-35-17-19-39-20-18-35)30(37)9-11-32(24-36)12-15-34(16-13-32)14-10-25-5-3-2-4-6-25/h7-8,21-22,25,30,36-37H,2-6,9-20,23-24H2,1H3/t30-/m0/s1. The molecule has 2 N–H and O–H groups in total. The predicted octanol–water partition coefficient (Wildman–Crippen LogP) is 4.93. The van der Waals surface area contributed by atoms with E-state index in [0.717, 1.165) is 98.9 Å². The average Bonchev–Trinajstić information content (AvgIpc) is 3.00. The Morgan fingerprint density at radius 2 is 1.85 bits per heavy atom. The Morgan fingerprint density at radius 1 is 1.08 bits per heavy atom. The maximum atomic E-state index is 11.7. The van der Waals surface area contributed by atoms with Gasteiger partial charge in [-0.3, -0.25) is 9.88 Å². The number of aliphatic hydroxyl groups is 2. The number of methoxy groups -OCH3 is 1. The van der Waals surface area contributed by atoms with Crippen molar-refractivity contribution >= 4 is 10.9 Å². The minimum Gasteiger partial charge on any atom is -0.497 e. The third kappa shape index (κ3) is 7.31. The second-order valence-electron chi connectivity index (χ2n) is 12.3. The van der Waals surface area contributed by atoms with Crippen LogP contribution in [0.1, 0.15) is 81.4 Å². The van der Waals surface area contributed by atoms with Crippen molar-refractivity contribution in [2.45, 2.75) is 76.9 Å². The van der Waals surface area contributed by atoms with Crippen LogP contribution in [0.3, 0.4) is 0 Å². The van der Waals surface area contributed by atoms with Crippen molar-refractivity contribution in [1.29, 1.82) is 0 Å². The molecular formula is C32H49N3O4. The fraction of sp³-hybridized carbons (Fsp3) is 0.719. The molecule has 0 radical (unpaired) electrons. The van der Waals surface area contributed by atoms with Gasteiger partial charge in [0.05, 0.1) is 31.9 Å². The number of fused-ring (bicyclic) bond motifs is 1. The second kappa shape index (κ2) is 13.7. The van der Waals surface area contributed by atoms with Crippen molar-refractivity contribution in [3.63, 3.8) is 0 Å². The molecule has 39 heavy (non-hydrogen) atoms. The maximum Gasteiger partial charge on any atom is 0.119 e. The van der Waals surface area contributed by atoms with Crippen LogP contribution in [-0.4, -0.2) is 84.7 Å². The molecule has 0 spiro atoms. The number of morpholine rings is 1. The number of benzene rings is 1. The Kier molecular flexibility index (Phi) is 10.1. The van der Waals surface area contributed by atoms with Crippen molar-refractivity contribution in [2.24, 2.45) is 11.3 Å². The number of piperidine rings is 1. The highest BCUT2D eigenvalue weighted by molar-refractivity contribution is 5.85. The summed E-state index contributed by atoms with van der Waals surface area (Å²) in [4.78, 5) is 9.72. The summed E-state index contributed by atoms with van der Waals surface area (Å²) in [5, 5.41) is 23.2. The largest absolute Gasteiger partial charge is 0.497 e. The van der Waals surface area contributed by atoms with Gasteiger partial charge in [-0.25, -0.2) is 0 Å². The molecule has 1 aromatic carbocycles. The van der Waals surface area contributed by atoms with Gasteiger partial charge in [0.1, 0.15) is 5.75 Å². The number of hydrogen-bond acceptors (Lipinski definition) is 7. The van der Waals surface area contributed by atoms with Crippen molar-refractivity contribution in [1.82, 2.24) is 14.8 Å². The van der Waals surface area contributed by atoms with Crippen LogP contribution in [0.4, 0.5) is 0 Å². The van der Waals surface area contributed by atoms with Gasteiger partial charge in [0.25, 0.3) is 0 Å². The zero-order valence-electron chi connectivity index (χ0n) is 24.0. The third-order valence-electron chi connectivity index (χ3n) is 9.81. The average molecular weight is 540 g/mol. The molecule has 7 heteroatoms. The molecule has 2 aromatic rings. The molecule has 3 fully saturated rings. The number of aromatic nitrogens is 1. The van der Waals surface area contributed by atoms with E-state index in [1.54, 1.807) is 7.11 Å². The van der Waals surface area contributed by atoms with Gasteiger partial charge in [0.15, 0.2) is 0 Å². The summed E-state index contributed by atoms with van der Waals surface area (Å²) in [5.41, 5.74) is 2.80. The highest BCUT2D eigenvalue weighted by Crippen LogP contribution is 2.40. The second-order valence-corrected chi connectivity index (χ2v) is 12.3. The maximum absolute atomic E-state index is 11.7. The van der Waals surface area contributed by atoms with Crippen LogP contribution in [-0.2, 0) is 11.3 Å². The first-order valence-electron chi connectivity index (χ1n) is 15.4. The molecule has 0 bridgehead atoms. The molecule has 3 heterocycles. The van der Waals surface area contributed by atoms with E-state index in [0.29, 0.717) is 6.42 Å². The summed E-state index contributed by atoms with van der Waals surface area (Å²) in [7, 11) is 1.68. The topological polar surface area (TPSA) is 78.3 Å². The van der Waals surface area contributed by atoms with E-state index in [9.17, 15) is 10.2 Å². The van der Waals surface area contributed by atoms with Crippen LogP contribution >= 0.6 is 0 Å². The van der Waals surface area contributed by atoms with Crippen molar-refractivity contribution in [2.75, 3.05) is 59.7 Å². The fourth-order valence-corrected chi connectivity index (χ4v) is 7.05. The first kappa shape index (κ1) is 28.7. The number of ether oxygens (including phenoxy) is 2. The molecule has 7 nitrogen and oxygen atoms in total. The summed E-state index contributed by atoms with van der Waals surface area (Å²) < 4.78 is 11.1. The molecular weight excluding hydrogens is 490 g/mol. The number of likely N-dealkylation sites (tertiary alicyclic amines) is 1. The molecule has 3 aliphatic rings. The van der Waals surface area contributed by atoms with Crippen LogP contribution in [0.15, 0.2) is 24.4 Å². The molecule has 1 saturated carbocycles. The van der Waals surface area contributed by atoms with E-state index >= 15 is 0 Å². The van der Waals surface area contributed by atoms with Crippen LogP contribution < -0.4 is 4.74 Å². The smallest absolute Gasteiger partial charge is 0.119 e.